The van der Waals surface area contributed by atoms with Crippen molar-refractivity contribution in [2.24, 2.45) is 0 Å². The van der Waals surface area contributed by atoms with Crippen LogP contribution in [0.5, 0.6) is 11.5 Å². The number of rotatable bonds is 8. The number of anilines is 1. The highest BCUT2D eigenvalue weighted by Gasteiger charge is 2.20. The van der Waals surface area contributed by atoms with Crippen LogP contribution in [0.3, 0.4) is 0 Å². The molecule has 174 valence electrons. The lowest BCUT2D eigenvalue weighted by Gasteiger charge is -2.37. The predicted octanol–water partition coefficient (Wildman–Crippen LogP) is 5.78. The molecule has 1 saturated heterocycles. The predicted molar refractivity (Wildman–Crippen MR) is 132 cm³/mol. The third-order valence-electron chi connectivity index (χ3n) is 6.52. The molecule has 0 saturated carbocycles. The second kappa shape index (κ2) is 10.7. The Morgan fingerprint density at radius 3 is 2.12 bits per heavy atom. The van der Waals surface area contributed by atoms with E-state index >= 15 is 0 Å². The summed E-state index contributed by atoms with van der Waals surface area (Å²) in [5, 5.41) is 0. The number of aryl methyl sites for hydroxylation is 2. The zero-order valence-corrected chi connectivity index (χ0v) is 19.8. The first-order chi connectivity index (χ1) is 16.0. The van der Waals surface area contributed by atoms with Gasteiger partial charge in [-0.25, -0.2) is 4.39 Å². The lowest BCUT2D eigenvalue weighted by molar-refractivity contribution is 0.160. The lowest BCUT2D eigenvalue weighted by atomic mass is 10.1. The van der Waals surface area contributed by atoms with Crippen LogP contribution in [0, 0.1) is 19.7 Å². The van der Waals surface area contributed by atoms with Gasteiger partial charge in [0, 0.05) is 44.8 Å². The van der Waals surface area contributed by atoms with Crippen molar-refractivity contribution in [3.05, 3.63) is 89.2 Å². The molecule has 3 aromatic rings. The van der Waals surface area contributed by atoms with Gasteiger partial charge in [0.25, 0.3) is 0 Å². The van der Waals surface area contributed by atoms with Crippen molar-refractivity contribution >= 4 is 5.69 Å². The summed E-state index contributed by atoms with van der Waals surface area (Å²) in [7, 11) is 1.67. The van der Waals surface area contributed by atoms with Crippen LogP contribution in [0.15, 0.2) is 66.7 Å². The number of halogens is 1. The van der Waals surface area contributed by atoms with Gasteiger partial charge in [-0.05, 0) is 79.1 Å². The summed E-state index contributed by atoms with van der Waals surface area (Å²) < 4.78 is 24.9. The fraction of sp³-hybridized carbons (Fsp3) is 0.357. The number of hydrogen-bond acceptors (Lipinski definition) is 4. The second-order valence-corrected chi connectivity index (χ2v) is 8.72. The van der Waals surface area contributed by atoms with Crippen LogP contribution in [-0.2, 0) is 0 Å². The number of nitrogens with zero attached hydrogens (tertiary/aromatic N) is 2. The molecule has 4 nitrogen and oxygen atoms in total. The quantitative estimate of drug-likeness (QED) is 0.436. The van der Waals surface area contributed by atoms with Gasteiger partial charge in [-0.15, -0.1) is 0 Å². The van der Waals surface area contributed by atoms with E-state index in [1.165, 1.54) is 28.9 Å². The third-order valence-corrected chi connectivity index (χ3v) is 6.52. The van der Waals surface area contributed by atoms with Crippen molar-refractivity contribution in [1.29, 1.82) is 0 Å². The molecule has 0 bridgehead atoms. The summed E-state index contributed by atoms with van der Waals surface area (Å²) in [6.07, 6.45) is 0.743. The van der Waals surface area contributed by atoms with Gasteiger partial charge in [0.05, 0.1) is 7.11 Å². The SMILES string of the molecule is COc1ccc([C@H](CCN2CCN(c3ccc(C)c(C)c3)CC2)Oc2ccc(F)cc2)cc1. The van der Waals surface area contributed by atoms with Crippen molar-refractivity contribution in [1.82, 2.24) is 4.90 Å². The summed E-state index contributed by atoms with van der Waals surface area (Å²) in [5.74, 6) is 1.24. The molecule has 1 atom stereocenters. The summed E-state index contributed by atoms with van der Waals surface area (Å²) >= 11 is 0. The zero-order valence-electron chi connectivity index (χ0n) is 19.8. The van der Waals surface area contributed by atoms with Crippen LogP contribution in [0.2, 0.25) is 0 Å². The van der Waals surface area contributed by atoms with Gasteiger partial charge in [0.2, 0.25) is 0 Å². The van der Waals surface area contributed by atoms with E-state index in [1.54, 1.807) is 19.2 Å². The number of methoxy groups -OCH3 is 1. The molecule has 3 aromatic carbocycles. The average Bonchev–Trinajstić information content (AvgIpc) is 2.85. The maximum atomic E-state index is 13.3. The van der Waals surface area contributed by atoms with E-state index in [2.05, 4.69) is 41.8 Å². The molecule has 0 aliphatic carbocycles. The molecule has 0 amide bonds. The van der Waals surface area contributed by atoms with E-state index in [-0.39, 0.29) is 11.9 Å². The van der Waals surface area contributed by atoms with E-state index in [9.17, 15) is 4.39 Å². The van der Waals surface area contributed by atoms with Crippen LogP contribution in [-0.4, -0.2) is 44.7 Å². The third kappa shape index (κ3) is 6.05. The fourth-order valence-corrected chi connectivity index (χ4v) is 4.24. The van der Waals surface area contributed by atoms with E-state index < -0.39 is 0 Å². The number of hydrogen-bond donors (Lipinski definition) is 0. The van der Waals surface area contributed by atoms with Gasteiger partial charge < -0.3 is 14.4 Å². The number of ether oxygens (including phenoxy) is 2. The standard InChI is InChI=1S/C28H33FN2O2/c1-21-4-9-25(20-22(21)2)31-18-16-30(17-19-31)15-14-28(23-5-10-26(32-3)11-6-23)33-27-12-7-24(29)8-13-27/h4-13,20,28H,14-19H2,1-3H3/t28-/m0/s1. The zero-order chi connectivity index (χ0) is 23.2. The smallest absolute Gasteiger partial charge is 0.125 e. The average molecular weight is 449 g/mol. The van der Waals surface area contributed by atoms with Crippen molar-refractivity contribution in [2.75, 3.05) is 44.7 Å². The Morgan fingerprint density at radius 2 is 1.48 bits per heavy atom. The molecule has 1 aliphatic rings. The molecule has 33 heavy (non-hydrogen) atoms. The van der Waals surface area contributed by atoms with Gasteiger partial charge >= 0.3 is 0 Å². The van der Waals surface area contributed by atoms with Crippen LogP contribution in [0.4, 0.5) is 10.1 Å². The number of piperazine rings is 1. The summed E-state index contributed by atoms with van der Waals surface area (Å²) in [5.41, 5.74) is 5.08. The van der Waals surface area contributed by atoms with Crippen molar-refractivity contribution in [2.45, 2.75) is 26.4 Å². The molecule has 0 unspecified atom stereocenters. The lowest BCUT2D eigenvalue weighted by Crippen LogP contribution is -2.47. The van der Waals surface area contributed by atoms with Crippen molar-refractivity contribution in [3.63, 3.8) is 0 Å². The Labute approximate surface area is 196 Å². The van der Waals surface area contributed by atoms with Crippen LogP contribution in [0.25, 0.3) is 0 Å². The Morgan fingerprint density at radius 1 is 0.818 bits per heavy atom. The maximum Gasteiger partial charge on any atom is 0.125 e. The monoisotopic (exact) mass is 448 g/mol. The maximum absolute atomic E-state index is 13.3. The molecule has 0 spiro atoms. The van der Waals surface area contributed by atoms with Gasteiger partial charge in [0.1, 0.15) is 23.4 Å². The minimum atomic E-state index is -0.259. The van der Waals surface area contributed by atoms with E-state index in [0.717, 1.165) is 50.5 Å². The minimum Gasteiger partial charge on any atom is -0.497 e. The van der Waals surface area contributed by atoms with Gasteiger partial charge in [-0.3, -0.25) is 4.90 Å². The first kappa shape index (κ1) is 23.1. The summed E-state index contributed by atoms with van der Waals surface area (Å²) in [4.78, 5) is 4.97. The van der Waals surface area contributed by atoms with E-state index in [1.807, 2.05) is 24.3 Å². The Hall–Kier alpha value is -3.05. The molecule has 4 rings (SSSR count). The van der Waals surface area contributed by atoms with E-state index in [4.69, 9.17) is 9.47 Å². The largest absolute Gasteiger partial charge is 0.497 e. The van der Waals surface area contributed by atoms with Crippen molar-refractivity contribution in [3.8, 4) is 11.5 Å². The Bertz CT molecular complexity index is 1030. The van der Waals surface area contributed by atoms with E-state index in [0.29, 0.717) is 5.75 Å². The summed E-state index contributed by atoms with van der Waals surface area (Å²) in [6, 6.07) is 21.0. The molecule has 0 aromatic heterocycles. The fourth-order valence-electron chi connectivity index (χ4n) is 4.24. The molecular weight excluding hydrogens is 415 g/mol. The highest BCUT2D eigenvalue weighted by molar-refractivity contribution is 5.51. The minimum absolute atomic E-state index is 0.112. The van der Waals surface area contributed by atoms with Crippen LogP contribution >= 0.6 is 0 Å². The van der Waals surface area contributed by atoms with Crippen molar-refractivity contribution < 1.29 is 13.9 Å². The summed E-state index contributed by atoms with van der Waals surface area (Å²) in [6.45, 7) is 9.37. The topological polar surface area (TPSA) is 24.9 Å². The molecule has 1 heterocycles. The highest BCUT2D eigenvalue weighted by atomic mass is 19.1. The van der Waals surface area contributed by atoms with Gasteiger partial charge in [-0.1, -0.05) is 18.2 Å². The first-order valence-corrected chi connectivity index (χ1v) is 11.6. The Balaban J connectivity index is 1.37. The normalized spacial score (nSPS) is 15.3. The molecular formula is C28H33FN2O2. The van der Waals surface area contributed by atoms with Gasteiger partial charge in [-0.2, -0.15) is 0 Å². The second-order valence-electron chi connectivity index (χ2n) is 8.72. The van der Waals surface area contributed by atoms with Crippen LogP contribution < -0.4 is 14.4 Å². The van der Waals surface area contributed by atoms with Gasteiger partial charge in [0.15, 0.2) is 0 Å². The number of benzene rings is 3. The van der Waals surface area contributed by atoms with Crippen LogP contribution in [0.1, 0.15) is 29.2 Å². The molecule has 0 radical (unpaired) electrons. The first-order valence-electron chi connectivity index (χ1n) is 11.6. The molecule has 1 fully saturated rings. The Kier molecular flexibility index (Phi) is 7.50. The molecule has 5 heteroatoms. The molecule has 1 aliphatic heterocycles. The highest BCUT2D eigenvalue weighted by Crippen LogP contribution is 2.27. The molecule has 0 N–H and O–H groups in total.